The minimum Gasteiger partial charge on any atom is -0.471 e. The van der Waals surface area contributed by atoms with Crippen molar-refractivity contribution in [1.29, 1.82) is 0 Å². The number of ether oxygens (including phenoxy) is 1. The number of rotatable bonds is 6. The van der Waals surface area contributed by atoms with Gasteiger partial charge in [-0.25, -0.2) is 23.0 Å². The first-order valence-electron chi connectivity index (χ1n) is 15.7. The summed E-state index contributed by atoms with van der Waals surface area (Å²) in [4.78, 5) is 9.05. The number of fused-ring (bicyclic) bond motifs is 9. The number of hydrazine groups is 1. The average molecular weight is 740 g/mol. The largest absolute Gasteiger partial charge is 0.471 e. The fourth-order valence-electron chi connectivity index (χ4n) is 7.15. The van der Waals surface area contributed by atoms with E-state index in [1.54, 1.807) is 26.8 Å². The van der Waals surface area contributed by atoms with Crippen molar-refractivity contribution in [3.8, 4) is 40.4 Å². The van der Waals surface area contributed by atoms with Crippen molar-refractivity contribution in [3.05, 3.63) is 88.3 Å². The van der Waals surface area contributed by atoms with Crippen LogP contribution < -0.4 is 9.42 Å². The standard InChI is InChI=1S/C33H25BrF2N12O2/c1-16-10-23(42-50-16)32-46-30(20-6-4-5-7-21(20)31(41-46)49-14-18-12-43(3)48-17(2)27(18)48)40-47(32)33-39-26(28(35)36)25-13-44-29(37-15-38-44)22-11-19(34)8-9-24(22)45(25)33/h4-12,15,27-28H,13-14H2,1-3H3/q+2. The van der Waals surface area contributed by atoms with Gasteiger partial charge in [0.1, 0.15) is 30.1 Å². The molecule has 7 aromatic rings. The molecule has 0 saturated carbocycles. The van der Waals surface area contributed by atoms with Gasteiger partial charge >= 0.3 is 5.95 Å². The summed E-state index contributed by atoms with van der Waals surface area (Å²) < 4.78 is 51.2. The summed E-state index contributed by atoms with van der Waals surface area (Å²) in [6.07, 6.45) is 0.584. The van der Waals surface area contributed by atoms with Crippen LogP contribution in [-0.2, 0) is 6.54 Å². The van der Waals surface area contributed by atoms with E-state index in [9.17, 15) is 8.78 Å². The molecule has 10 rings (SSSR count). The van der Waals surface area contributed by atoms with Crippen molar-refractivity contribution in [1.82, 2.24) is 49.2 Å². The predicted octanol–water partition coefficient (Wildman–Crippen LogP) is 4.61. The number of aryl methyl sites for hydroxylation is 1. The number of alkyl halides is 2. The fraction of sp³-hybridized carbons (Fsp3) is 0.212. The highest BCUT2D eigenvalue weighted by Gasteiger charge is 2.56. The van der Waals surface area contributed by atoms with Gasteiger partial charge in [0.25, 0.3) is 29.9 Å². The predicted molar refractivity (Wildman–Crippen MR) is 176 cm³/mol. The van der Waals surface area contributed by atoms with E-state index in [0.29, 0.717) is 52.5 Å². The second-order valence-electron chi connectivity index (χ2n) is 12.4. The molecule has 8 heterocycles. The quantitative estimate of drug-likeness (QED) is 0.225. The number of imidazole rings is 1. The molecule has 2 aromatic carbocycles. The molecule has 0 bridgehead atoms. The maximum Gasteiger partial charge on any atom is 0.384 e. The highest BCUT2D eigenvalue weighted by Crippen LogP contribution is 2.38. The van der Waals surface area contributed by atoms with Crippen molar-refractivity contribution in [2.24, 2.45) is 0 Å². The summed E-state index contributed by atoms with van der Waals surface area (Å²) in [5.41, 5.74) is 4.28. The van der Waals surface area contributed by atoms with E-state index in [1.807, 2.05) is 49.5 Å². The third-order valence-corrected chi connectivity index (χ3v) is 9.83. The highest BCUT2D eigenvalue weighted by atomic mass is 79.9. The average Bonchev–Trinajstić information content (AvgIpc) is 3.70. The maximum atomic E-state index is 14.9. The molecule has 0 spiro atoms. The van der Waals surface area contributed by atoms with Crippen molar-refractivity contribution in [3.63, 3.8) is 0 Å². The Kier molecular flexibility index (Phi) is 6.02. The van der Waals surface area contributed by atoms with Crippen molar-refractivity contribution in [2.45, 2.75) is 32.9 Å². The Balaban J connectivity index is 1.23. The smallest absolute Gasteiger partial charge is 0.384 e. The van der Waals surface area contributed by atoms with Gasteiger partial charge in [0.15, 0.2) is 17.2 Å². The highest BCUT2D eigenvalue weighted by molar-refractivity contribution is 9.10. The summed E-state index contributed by atoms with van der Waals surface area (Å²) in [7, 11) is 2.00. The molecule has 0 N–H and O–H groups in total. The number of hydrazone groups is 1. The first kappa shape index (κ1) is 29.1. The van der Waals surface area contributed by atoms with Crippen LogP contribution in [0.3, 0.4) is 0 Å². The van der Waals surface area contributed by atoms with Crippen LogP contribution in [0.5, 0.6) is 5.88 Å². The Morgan fingerprint density at radius 2 is 1.96 bits per heavy atom. The first-order chi connectivity index (χ1) is 24.3. The van der Waals surface area contributed by atoms with Crippen LogP contribution >= 0.6 is 15.9 Å². The lowest BCUT2D eigenvalue weighted by molar-refractivity contribution is -0.652. The number of halogens is 3. The Bertz CT molecular complexity index is 2650. The van der Waals surface area contributed by atoms with Gasteiger partial charge in [0.05, 0.1) is 36.3 Å². The van der Waals surface area contributed by atoms with Crippen LogP contribution in [-0.4, -0.2) is 79.3 Å². The van der Waals surface area contributed by atoms with E-state index < -0.39 is 12.1 Å². The van der Waals surface area contributed by atoms with Crippen LogP contribution in [0.15, 0.2) is 75.6 Å². The van der Waals surface area contributed by atoms with Crippen LogP contribution in [0.2, 0.25) is 0 Å². The van der Waals surface area contributed by atoms with E-state index >= 15 is 0 Å². The monoisotopic (exact) mass is 738 g/mol. The first-order valence-corrected chi connectivity index (χ1v) is 16.5. The van der Waals surface area contributed by atoms with E-state index in [1.165, 1.54) is 16.7 Å². The van der Waals surface area contributed by atoms with Crippen LogP contribution in [0.4, 0.5) is 8.78 Å². The second-order valence-corrected chi connectivity index (χ2v) is 13.3. The van der Waals surface area contributed by atoms with E-state index in [4.69, 9.17) is 19.5 Å². The van der Waals surface area contributed by atoms with Gasteiger partial charge in [-0.15, -0.1) is 9.50 Å². The lowest BCUT2D eigenvalue weighted by Gasteiger charge is -2.08. The molecule has 0 saturated heterocycles. The van der Waals surface area contributed by atoms with Crippen LogP contribution in [0.25, 0.3) is 51.0 Å². The Hall–Kier alpha value is -5.84. The van der Waals surface area contributed by atoms with Crippen molar-refractivity contribution in [2.75, 3.05) is 13.7 Å². The minimum absolute atomic E-state index is 0.000171. The van der Waals surface area contributed by atoms with Gasteiger partial charge in [-0.3, -0.25) is 0 Å². The Morgan fingerprint density at radius 1 is 1.12 bits per heavy atom. The molecule has 3 aliphatic rings. The third-order valence-electron chi connectivity index (χ3n) is 9.33. The summed E-state index contributed by atoms with van der Waals surface area (Å²) >= 11 is 3.56. The van der Waals surface area contributed by atoms with Crippen LogP contribution in [0.1, 0.15) is 30.5 Å². The lowest BCUT2D eigenvalue weighted by atomic mass is 10.1. The molecule has 14 nitrogen and oxygen atoms in total. The van der Waals surface area contributed by atoms with Gasteiger partial charge < -0.3 is 9.26 Å². The zero-order valence-electron chi connectivity index (χ0n) is 26.7. The van der Waals surface area contributed by atoms with Gasteiger partial charge in [0.2, 0.25) is 5.65 Å². The Labute approximate surface area is 289 Å². The molecule has 5 aromatic heterocycles. The molecule has 50 heavy (non-hydrogen) atoms. The zero-order valence-corrected chi connectivity index (χ0v) is 28.2. The number of nitrogens with zero attached hydrogens (tertiary/aromatic N) is 12. The van der Waals surface area contributed by atoms with Crippen LogP contribution in [0, 0.1) is 6.92 Å². The molecule has 248 valence electrons. The van der Waals surface area contributed by atoms with Gasteiger partial charge in [-0.1, -0.05) is 52.8 Å². The molecule has 0 radical (unpaired) electrons. The molecule has 3 aliphatic heterocycles. The van der Waals surface area contributed by atoms with E-state index in [2.05, 4.69) is 59.0 Å². The van der Waals surface area contributed by atoms with Crippen molar-refractivity contribution < 1.29 is 27.4 Å². The SMILES string of the molecule is CC1=[N+]2C1C(COc1nn3c(-c4cc(C)on4)[n+](-c4nc(C(F)F)c5n4-c4ccc(Br)cc4-c4ncnn4C5)nc3c3ccccc13)=CN2C. The Morgan fingerprint density at radius 3 is 2.72 bits per heavy atom. The number of hydrogen-bond donors (Lipinski definition) is 0. The molecule has 0 aliphatic carbocycles. The molecule has 0 fully saturated rings. The third kappa shape index (κ3) is 4.09. The summed E-state index contributed by atoms with van der Waals surface area (Å²) in [6, 6.07) is 15.2. The number of aromatic nitrogens is 10. The second kappa shape index (κ2) is 10.3. The number of benzene rings is 2. The lowest BCUT2D eigenvalue weighted by Crippen LogP contribution is -2.39. The molecule has 1 unspecified atom stereocenters. The molecule has 1 atom stereocenters. The normalized spacial score (nSPS) is 16.2. The van der Waals surface area contributed by atoms with Gasteiger partial charge in [-0.05, 0) is 37.3 Å². The molecular formula is C33H25BrF2N12O2+2. The van der Waals surface area contributed by atoms with Crippen molar-refractivity contribution >= 4 is 38.1 Å². The summed E-state index contributed by atoms with van der Waals surface area (Å²) in [5.74, 6) is 1.89. The molecular weight excluding hydrogens is 714 g/mol. The molecule has 17 heteroatoms. The summed E-state index contributed by atoms with van der Waals surface area (Å²) in [6.45, 7) is 4.19. The van der Waals surface area contributed by atoms with E-state index in [-0.39, 0.29) is 24.2 Å². The maximum absolute atomic E-state index is 14.9. The fourth-order valence-corrected chi connectivity index (χ4v) is 7.51. The van der Waals surface area contributed by atoms with E-state index in [0.717, 1.165) is 20.8 Å². The molecule has 0 amide bonds. The van der Waals surface area contributed by atoms with Gasteiger partial charge in [-0.2, -0.15) is 10.1 Å². The summed E-state index contributed by atoms with van der Waals surface area (Å²) in [5, 5.41) is 22.2. The topological polar surface area (TPSA) is 124 Å². The minimum atomic E-state index is -2.89. The van der Waals surface area contributed by atoms with Gasteiger partial charge in [0, 0.05) is 22.8 Å². The zero-order chi connectivity index (χ0) is 34.0. The number of hydrogen-bond acceptors (Lipinski definition) is 9.